The van der Waals surface area contributed by atoms with E-state index in [1.807, 2.05) is 0 Å². The van der Waals surface area contributed by atoms with E-state index in [4.69, 9.17) is 11.5 Å². The van der Waals surface area contributed by atoms with Gasteiger partial charge in [-0.2, -0.15) is 0 Å². The first-order chi connectivity index (χ1) is 5.24. The third-order valence-corrected chi connectivity index (χ3v) is 2.58. The van der Waals surface area contributed by atoms with E-state index >= 15 is 0 Å². The second-order valence-electron chi connectivity index (χ2n) is 3.36. The molecule has 0 saturated heterocycles. The van der Waals surface area contributed by atoms with Crippen LogP contribution in [0.2, 0.25) is 0 Å². The Balaban J connectivity index is 0. The van der Waals surface area contributed by atoms with Crippen LogP contribution in [0.15, 0.2) is 0 Å². The zero-order valence-corrected chi connectivity index (χ0v) is 9.20. The predicted molar refractivity (Wildman–Crippen MR) is 58.2 cm³/mol. The zero-order valence-electron chi connectivity index (χ0n) is 7.57. The van der Waals surface area contributed by atoms with Crippen LogP contribution in [-0.4, -0.2) is 12.5 Å². The molecule has 0 heterocycles. The molecule has 4 N–H and O–H groups in total. The van der Waals surface area contributed by atoms with Gasteiger partial charge in [-0.25, -0.2) is 0 Å². The molecule has 1 aliphatic carbocycles. The highest BCUT2D eigenvalue weighted by Gasteiger charge is 2.23. The highest BCUT2D eigenvalue weighted by Crippen LogP contribution is 2.27. The molecule has 13 heavy (non-hydrogen) atoms. The molecule has 1 rings (SSSR count). The molecule has 0 aromatic heterocycles. The first-order valence-corrected chi connectivity index (χ1v) is 4.23. The Bertz CT molecular complexity index is 147. The average molecular weight is 229 g/mol. The zero-order chi connectivity index (χ0) is 8.27. The number of rotatable bonds is 2. The number of carbonyl (C=O) groups is 1. The van der Waals surface area contributed by atoms with Gasteiger partial charge in [0.05, 0.1) is 0 Å². The quantitative estimate of drug-likeness (QED) is 0.743. The molecular formula is C8H18Cl2N2O. The van der Waals surface area contributed by atoms with Gasteiger partial charge in [0.15, 0.2) is 0 Å². The van der Waals surface area contributed by atoms with Gasteiger partial charge in [0.25, 0.3) is 0 Å². The van der Waals surface area contributed by atoms with Gasteiger partial charge in [-0.1, -0.05) is 0 Å². The summed E-state index contributed by atoms with van der Waals surface area (Å²) < 4.78 is 0. The summed E-state index contributed by atoms with van der Waals surface area (Å²) in [6.45, 7) is 0.755. The molecule has 1 amide bonds. The lowest BCUT2D eigenvalue weighted by molar-refractivity contribution is -0.122. The van der Waals surface area contributed by atoms with E-state index < -0.39 is 0 Å². The van der Waals surface area contributed by atoms with Crippen LogP contribution in [0, 0.1) is 11.8 Å². The Morgan fingerprint density at radius 3 is 1.92 bits per heavy atom. The largest absolute Gasteiger partial charge is 0.369 e. The predicted octanol–water partition coefficient (Wildman–Crippen LogP) is 1.08. The van der Waals surface area contributed by atoms with Crippen LogP contribution in [0.1, 0.15) is 25.7 Å². The Kier molecular flexibility index (Phi) is 8.83. The van der Waals surface area contributed by atoms with Crippen LogP contribution >= 0.6 is 24.8 Å². The van der Waals surface area contributed by atoms with Gasteiger partial charge >= 0.3 is 0 Å². The monoisotopic (exact) mass is 228 g/mol. The minimum absolute atomic E-state index is 0. The molecule has 0 bridgehead atoms. The molecule has 0 radical (unpaired) electrons. The average Bonchev–Trinajstić information content (AvgIpc) is 2.05. The van der Waals surface area contributed by atoms with Gasteiger partial charge in [-0.3, -0.25) is 4.79 Å². The lowest BCUT2D eigenvalue weighted by atomic mass is 9.82. The summed E-state index contributed by atoms with van der Waals surface area (Å²) in [5, 5.41) is 0. The molecule has 0 spiro atoms. The van der Waals surface area contributed by atoms with Crippen LogP contribution in [0.5, 0.6) is 0 Å². The molecule has 0 aliphatic heterocycles. The van der Waals surface area contributed by atoms with Crippen LogP contribution in [-0.2, 0) is 4.79 Å². The van der Waals surface area contributed by atoms with Crippen molar-refractivity contribution in [1.29, 1.82) is 0 Å². The van der Waals surface area contributed by atoms with Crippen molar-refractivity contribution < 1.29 is 4.79 Å². The first kappa shape index (κ1) is 15.5. The van der Waals surface area contributed by atoms with E-state index in [0.717, 1.165) is 32.2 Å². The van der Waals surface area contributed by atoms with Crippen LogP contribution in [0.25, 0.3) is 0 Å². The van der Waals surface area contributed by atoms with Gasteiger partial charge < -0.3 is 11.5 Å². The standard InChI is InChI=1S/C8H16N2O.2ClH/c9-5-6-1-3-7(4-2-6)8(10)11;;/h6-7H,1-5,9H2,(H2,10,11);2*1H. The second kappa shape index (κ2) is 7.42. The molecule has 3 nitrogen and oxygen atoms in total. The van der Waals surface area contributed by atoms with E-state index in [9.17, 15) is 4.79 Å². The Morgan fingerprint density at radius 2 is 1.62 bits per heavy atom. The molecule has 80 valence electrons. The van der Waals surface area contributed by atoms with Crippen molar-refractivity contribution in [3.8, 4) is 0 Å². The minimum Gasteiger partial charge on any atom is -0.369 e. The lowest BCUT2D eigenvalue weighted by Gasteiger charge is -2.25. The van der Waals surface area contributed by atoms with E-state index in [2.05, 4.69) is 0 Å². The highest BCUT2D eigenvalue weighted by atomic mass is 35.5. The highest BCUT2D eigenvalue weighted by molar-refractivity contribution is 5.85. The maximum Gasteiger partial charge on any atom is 0.220 e. The van der Waals surface area contributed by atoms with E-state index in [0.29, 0.717) is 5.92 Å². The molecule has 0 aromatic carbocycles. The van der Waals surface area contributed by atoms with E-state index in [1.54, 1.807) is 0 Å². The van der Waals surface area contributed by atoms with Crippen molar-refractivity contribution in [2.45, 2.75) is 25.7 Å². The first-order valence-electron chi connectivity index (χ1n) is 4.23. The molecule has 1 saturated carbocycles. The van der Waals surface area contributed by atoms with Crippen molar-refractivity contribution >= 4 is 30.7 Å². The number of halogens is 2. The second-order valence-corrected chi connectivity index (χ2v) is 3.36. The number of carbonyl (C=O) groups excluding carboxylic acids is 1. The maximum atomic E-state index is 10.7. The Morgan fingerprint density at radius 1 is 1.15 bits per heavy atom. The van der Waals surface area contributed by atoms with E-state index in [1.165, 1.54) is 0 Å². The van der Waals surface area contributed by atoms with Gasteiger partial charge in [0.2, 0.25) is 5.91 Å². The molecule has 0 aromatic rings. The van der Waals surface area contributed by atoms with Gasteiger partial charge in [-0.15, -0.1) is 24.8 Å². The van der Waals surface area contributed by atoms with E-state index in [-0.39, 0.29) is 36.6 Å². The summed E-state index contributed by atoms with van der Waals surface area (Å²) in [4.78, 5) is 10.7. The smallest absolute Gasteiger partial charge is 0.220 e. The number of hydrogen-bond donors (Lipinski definition) is 2. The maximum absolute atomic E-state index is 10.7. The molecular weight excluding hydrogens is 211 g/mol. The fraction of sp³-hybridized carbons (Fsp3) is 0.875. The summed E-state index contributed by atoms with van der Waals surface area (Å²) >= 11 is 0. The van der Waals surface area contributed by atoms with Crippen molar-refractivity contribution in [2.24, 2.45) is 23.3 Å². The van der Waals surface area contributed by atoms with Crippen LogP contribution in [0.3, 0.4) is 0 Å². The van der Waals surface area contributed by atoms with Crippen molar-refractivity contribution in [2.75, 3.05) is 6.54 Å². The molecule has 0 atom stereocenters. The van der Waals surface area contributed by atoms with Crippen LogP contribution in [0.4, 0.5) is 0 Å². The fourth-order valence-electron chi connectivity index (χ4n) is 1.68. The fourth-order valence-corrected chi connectivity index (χ4v) is 1.68. The van der Waals surface area contributed by atoms with Gasteiger partial charge in [0, 0.05) is 5.92 Å². The summed E-state index contributed by atoms with van der Waals surface area (Å²) in [6, 6.07) is 0. The minimum atomic E-state index is -0.138. The topological polar surface area (TPSA) is 69.1 Å². The summed E-state index contributed by atoms with van der Waals surface area (Å²) in [7, 11) is 0. The molecule has 0 unspecified atom stereocenters. The summed E-state index contributed by atoms with van der Waals surface area (Å²) in [5.41, 5.74) is 10.7. The molecule has 1 fully saturated rings. The molecule has 5 heteroatoms. The van der Waals surface area contributed by atoms with Crippen molar-refractivity contribution in [3.63, 3.8) is 0 Å². The number of primary amides is 1. The van der Waals surface area contributed by atoms with Gasteiger partial charge in [0.1, 0.15) is 0 Å². The molecule has 1 aliphatic rings. The summed E-state index contributed by atoms with van der Waals surface area (Å²) in [5.74, 6) is 0.615. The number of amides is 1. The lowest BCUT2D eigenvalue weighted by Crippen LogP contribution is -2.29. The normalized spacial score (nSPS) is 26.8. The SMILES string of the molecule is Cl.Cl.NCC1CCC(C(N)=O)CC1. The third-order valence-electron chi connectivity index (χ3n) is 2.58. The number of hydrogen-bond acceptors (Lipinski definition) is 2. The van der Waals surface area contributed by atoms with Gasteiger partial charge in [-0.05, 0) is 38.1 Å². The Labute approximate surface area is 91.4 Å². The third kappa shape index (κ3) is 4.69. The number of nitrogens with two attached hydrogens (primary N) is 2. The Hall–Kier alpha value is 0.01000. The van der Waals surface area contributed by atoms with Crippen molar-refractivity contribution in [3.05, 3.63) is 0 Å². The van der Waals surface area contributed by atoms with Crippen LogP contribution < -0.4 is 11.5 Å². The van der Waals surface area contributed by atoms with Crippen molar-refractivity contribution in [1.82, 2.24) is 0 Å². The summed E-state index contributed by atoms with van der Waals surface area (Å²) in [6.07, 6.45) is 4.03.